The first-order valence-corrected chi connectivity index (χ1v) is 8.96. The molecule has 3 heterocycles. The molecule has 3 N–H and O–H groups in total. The number of hydrogen-bond donors (Lipinski definition) is 3. The van der Waals surface area contributed by atoms with E-state index in [1.54, 1.807) is 12.4 Å². The van der Waals surface area contributed by atoms with Crippen LogP contribution in [0.5, 0.6) is 0 Å². The van der Waals surface area contributed by atoms with Crippen molar-refractivity contribution in [3.8, 4) is 0 Å². The molecule has 8 heteroatoms. The van der Waals surface area contributed by atoms with E-state index in [2.05, 4.69) is 30.2 Å². The van der Waals surface area contributed by atoms with Gasteiger partial charge in [0, 0.05) is 23.9 Å². The van der Waals surface area contributed by atoms with Crippen LogP contribution in [-0.2, 0) is 0 Å². The van der Waals surface area contributed by atoms with Crippen molar-refractivity contribution in [3.63, 3.8) is 0 Å². The highest BCUT2D eigenvalue weighted by atomic mass is 16.3. The number of piperidine rings is 1. The highest BCUT2D eigenvalue weighted by Gasteiger charge is 2.27. The molecule has 0 radical (unpaired) electrons. The molecule has 2 aromatic heterocycles. The smallest absolute Gasteiger partial charge is 0.228 e. The van der Waals surface area contributed by atoms with Crippen molar-refractivity contribution in [3.05, 3.63) is 35.5 Å². The van der Waals surface area contributed by atoms with Crippen LogP contribution in [0.25, 0.3) is 0 Å². The Morgan fingerprint density at radius 3 is 2.50 bits per heavy atom. The number of aliphatic hydroxyl groups excluding tert-OH is 2. The molecule has 1 saturated heterocycles. The summed E-state index contributed by atoms with van der Waals surface area (Å²) in [4.78, 5) is 19.8. The van der Waals surface area contributed by atoms with Crippen molar-refractivity contribution in [1.82, 2.24) is 24.8 Å². The summed E-state index contributed by atoms with van der Waals surface area (Å²) in [6.45, 7) is 5.44. The van der Waals surface area contributed by atoms with Crippen LogP contribution in [0.15, 0.2) is 18.5 Å². The third kappa shape index (κ3) is 4.51. The fraction of sp³-hybridized carbons (Fsp3) is 0.556. The monoisotopic (exact) mass is 358 g/mol. The summed E-state index contributed by atoms with van der Waals surface area (Å²) in [5, 5.41) is 21.9. The van der Waals surface area contributed by atoms with Gasteiger partial charge in [-0.1, -0.05) is 0 Å². The predicted molar refractivity (Wildman–Crippen MR) is 98.3 cm³/mol. The van der Waals surface area contributed by atoms with E-state index < -0.39 is 0 Å². The zero-order chi connectivity index (χ0) is 18.5. The number of aromatic nitrogens is 4. The molecule has 0 aliphatic carbocycles. The second kappa shape index (κ2) is 8.48. The SMILES string of the molecule is Cc1cc(C)nc(Nc2cnc(C3CCCN(C(CO)CO)C3)cn2)n1. The van der Waals surface area contributed by atoms with Crippen molar-refractivity contribution in [2.75, 3.05) is 31.6 Å². The molecule has 26 heavy (non-hydrogen) atoms. The quantitative estimate of drug-likeness (QED) is 0.706. The van der Waals surface area contributed by atoms with Gasteiger partial charge in [-0.3, -0.25) is 9.88 Å². The largest absolute Gasteiger partial charge is 0.395 e. The zero-order valence-electron chi connectivity index (χ0n) is 15.3. The van der Waals surface area contributed by atoms with E-state index in [0.717, 1.165) is 43.0 Å². The van der Waals surface area contributed by atoms with E-state index in [4.69, 9.17) is 0 Å². The number of likely N-dealkylation sites (tertiary alicyclic amines) is 1. The molecular weight excluding hydrogens is 332 g/mol. The lowest BCUT2D eigenvalue weighted by molar-refractivity contribution is 0.0545. The predicted octanol–water partition coefficient (Wildman–Crippen LogP) is 1.16. The van der Waals surface area contributed by atoms with Gasteiger partial charge in [-0.15, -0.1) is 0 Å². The van der Waals surface area contributed by atoms with Crippen LogP contribution in [0.2, 0.25) is 0 Å². The third-order valence-electron chi connectivity index (χ3n) is 4.70. The Hall–Kier alpha value is -2.16. The molecule has 1 atom stereocenters. The number of anilines is 2. The standard InChI is InChI=1S/C18H26N6O2/c1-12-6-13(2)22-18(21-12)23-17-8-19-16(7-20-17)14-4-3-5-24(9-14)15(10-25)11-26/h6-8,14-15,25-26H,3-5,9-11H2,1-2H3,(H,20,21,22,23). The van der Waals surface area contributed by atoms with Crippen LogP contribution >= 0.6 is 0 Å². The van der Waals surface area contributed by atoms with Gasteiger partial charge >= 0.3 is 0 Å². The molecule has 8 nitrogen and oxygen atoms in total. The Labute approximate surface area is 153 Å². The summed E-state index contributed by atoms with van der Waals surface area (Å²) in [5.74, 6) is 1.38. The Morgan fingerprint density at radius 2 is 1.88 bits per heavy atom. The van der Waals surface area contributed by atoms with Gasteiger partial charge in [-0.2, -0.15) is 0 Å². The first kappa shape index (κ1) is 18.6. The van der Waals surface area contributed by atoms with Crippen molar-refractivity contribution in [2.24, 2.45) is 0 Å². The van der Waals surface area contributed by atoms with Gasteiger partial charge in [0.25, 0.3) is 0 Å². The average molecular weight is 358 g/mol. The number of aliphatic hydroxyl groups is 2. The van der Waals surface area contributed by atoms with Gasteiger partial charge in [0.05, 0.1) is 37.3 Å². The molecular formula is C18H26N6O2. The molecule has 0 aromatic carbocycles. The van der Waals surface area contributed by atoms with Gasteiger partial charge in [0.2, 0.25) is 5.95 Å². The third-order valence-corrected chi connectivity index (χ3v) is 4.70. The maximum Gasteiger partial charge on any atom is 0.228 e. The van der Waals surface area contributed by atoms with Crippen molar-refractivity contribution in [2.45, 2.75) is 38.6 Å². The number of nitrogens with one attached hydrogen (secondary N) is 1. The molecule has 3 rings (SSSR count). The zero-order valence-corrected chi connectivity index (χ0v) is 15.3. The van der Waals surface area contributed by atoms with Crippen molar-refractivity contribution < 1.29 is 10.2 Å². The topological polar surface area (TPSA) is 107 Å². The highest BCUT2D eigenvalue weighted by molar-refractivity contribution is 5.46. The molecule has 2 aromatic rings. The summed E-state index contributed by atoms with van der Waals surface area (Å²) in [5.41, 5.74) is 2.72. The molecule has 0 bridgehead atoms. The van der Waals surface area contributed by atoms with Crippen molar-refractivity contribution >= 4 is 11.8 Å². The summed E-state index contributed by atoms with van der Waals surface area (Å²) in [6.07, 6.45) is 5.53. The van der Waals surface area contributed by atoms with Crippen LogP contribution in [-0.4, -0.2) is 67.4 Å². The Bertz CT molecular complexity index is 700. The number of rotatable bonds is 6. The Kier molecular flexibility index (Phi) is 6.08. The van der Waals surface area contributed by atoms with Crippen LogP contribution < -0.4 is 5.32 Å². The molecule has 0 amide bonds. The fourth-order valence-electron chi connectivity index (χ4n) is 3.38. The molecule has 140 valence electrons. The maximum atomic E-state index is 9.40. The van der Waals surface area contributed by atoms with Gasteiger partial charge in [-0.05, 0) is 39.3 Å². The molecule has 0 spiro atoms. The summed E-state index contributed by atoms with van der Waals surface area (Å²) in [7, 11) is 0. The highest BCUT2D eigenvalue weighted by Crippen LogP contribution is 2.26. The molecule has 1 unspecified atom stereocenters. The van der Waals surface area contributed by atoms with E-state index in [-0.39, 0.29) is 25.2 Å². The van der Waals surface area contributed by atoms with Gasteiger partial charge < -0.3 is 15.5 Å². The van der Waals surface area contributed by atoms with E-state index >= 15 is 0 Å². The lowest BCUT2D eigenvalue weighted by atomic mass is 9.94. The first-order chi connectivity index (χ1) is 12.6. The molecule has 0 saturated carbocycles. The lowest BCUT2D eigenvalue weighted by Crippen LogP contribution is -2.45. The Morgan fingerprint density at radius 1 is 1.15 bits per heavy atom. The molecule has 1 fully saturated rings. The van der Waals surface area contributed by atoms with Gasteiger partial charge in [0.1, 0.15) is 0 Å². The second-order valence-electron chi connectivity index (χ2n) is 6.78. The minimum absolute atomic E-state index is 0.0341. The summed E-state index contributed by atoms with van der Waals surface area (Å²) < 4.78 is 0. The molecule has 1 aliphatic rings. The second-order valence-corrected chi connectivity index (χ2v) is 6.78. The molecule has 1 aliphatic heterocycles. The Balaban J connectivity index is 1.67. The minimum Gasteiger partial charge on any atom is -0.395 e. The lowest BCUT2D eigenvalue weighted by Gasteiger charge is -2.36. The number of nitrogens with zero attached hydrogens (tertiary/aromatic N) is 5. The number of hydrogen-bond acceptors (Lipinski definition) is 8. The number of aryl methyl sites for hydroxylation is 2. The van der Waals surface area contributed by atoms with E-state index in [9.17, 15) is 10.2 Å². The fourth-order valence-corrected chi connectivity index (χ4v) is 3.38. The van der Waals surface area contributed by atoms with Gasteiger partial charge in [0.15, 0.2) is 5.82 Å². The van der Waals surface area contributed by atoms with Gasteiger partial charge in [-0.25, -0.2) is 15.0 Å². The average Bonchev–Trinajstić information content (AvgIpc) is 2.63. The van der Waals surface area contributed by atoms with Crippen LogP contribution in [0.3, 0.4) is 0 Å². The minimum atomic E-state index is -0.201. The van der Waals surface area contributed by atoms with Crippen LogP contribution in [0.4, 0.5) is 11.8 Å². The summed E-state index contributed by atoms with van der Waals surface area (Å²) in [6, 6.07) is 1.72. The van der Waals surface area contributed by atoms with Crippen molar-refractivity contribution in [1.29, 1.82) is 0 Å². The van der Waals surface area contributed by atoms with E-state index in [0.29, 0.717) is 11.8 Å². The van der Waals surface area contributed by atoms with Crippen LogP contribution in [0.1, 0.15) is 35.8 Å². The van der Waals surface area contributed by atoms with E-state index in [1.165, 1.54) is 0 Å². The first-order valence-electron chi connectivity index (χ1n) is 8.96. The summed E-state index contributed by atoms with van der Waals surface area (Å²) >= 11 is 0. The van der Waals surface area contributed by atoms with Crippen LogP contribution in [0, 0.1) is 13.8 Å². The van der Waals surface area contributed by atoms with E-state index in [1.807, 2.05) is 19.9 Å². The maximum absolute atomic E-state index is 9.40. The normalized spacial score (nSPS) is 18.3.